The minimum Gasteiger partial charge on any atom is -0.445 e. The van der Waals surface area contributed by atoms with Gasteiger partial charge in [-0.1, -0.05) is 60.7 Å². The normalized spacial score (nSPS) is 21.4. The molecule has 2 fully saturated rings. The number of amides is 1. The number of rotatable bonds is 7. The molecule has 2 aliphatic rings. The van der Waals surface area contributed by atoms with Crippen LogP contribution in [0.5, 0.6) is 0 Å². The van der Waals surface area contributed by atoms with Crippen molar-refractivity contribution in [3.8, 4) is 0 Å². The van der Waals surface area contributed by atoms with E-state index in [4.69, 9.17) is 23.4 Å². The molecule has 0 bridgehead atoms. The number of benzene rings is 2. The zero-order valence-electron chi connectivity index (χ0n) is 23.8. The molecule has 202 valence electrons. The fourth-order valence-corrected chi connectivity index (χ4v) is 4.13. The van der Waals surface area contributed by atoms with Gasteiger partial charge in [0.15, 0.2) is 0 Å². The molecule has 4 rings (SSSR count). The van der Waals surface area contributed by atoms with Crippen molar-refractivity contribution in [2.75, 3.05) is 6.54 Å². The van der Waals surface area contributed by atoms with E-state index in [0.717, 1.165) is 22.1 Å². The largest absolute Gasteiger partial charge is 0.494 e. The van der Waals surface area contributed by atoms with Crippen molar-refractivity contribution in [2.45, 2.75) is 84.4 Å². The molecule has 2 aromatic rings. The van der Waals surface area contributed by atoms with Gasteiger partial charge in [0, 0.05) is 6.54 Å². The highest BCUT2D eigenvalue weighted by atomic mass is 16.7. The van der Waals surface area contributed by atoms with Gasteiger partial charge >= 0.3 is 20.3 Å². The van der Waals surface area contributed by atoms with Crippen molar-refractivity contribution >= 4 is 31.9 Å². The first-order chi connectivity index (χ1) is 17.7. The molecule has 0 saturated carbocycles. The number of carbonyl (C=O) groups excluding carboxylic acids is 1. The zero-order valence-corrected chi connectivity index (χ0v) is 23.8. The third-order valence-electron chi connectivity index (χ3n) is 7.99. The van der Waals surface area contributed by atoms with Crippen LogP contribution in [0.4, 0.5) is 4.79 Å². The van der Waals surface area contributed by atoms with E-state index in [9.17, 15) is 4.79 Å². The van der Waals surface area contributed by atoms with E-state index in [2.05, 4.69) is 5.32 Å². The first kappa shape index (κ1) is 28.4. The van der Waals surface area contributed by atoms with Crippen LogP contribution in [0.2, 0.25) is 0 Å². The van der Waals surface area contributed by atoms with Gasteiger partial charge in [-0.2, -0.15) is 0 Å². The zero-order chi connectivity index (χ0) is 27.8. The van der Waals surface area contributed by atoms with E-state index in [-0.39, 0.29) is 13.2 Å². The molecule has 1 N–H and O–H groups in total. The number of ether oxygens (including phenoxy) is 1. The van der Waals surface area contributed by atoms with Crippen LogP contribution in [-0.2, 0) is 30.0 Å². The molecule has 0 aliphatic carbocycles. The second-order valence-corrected chi connectivity index (χ2v) is 12.0. The van der Waals surface area contributed by atoms with Gasteiger partial charge in [0.25, 0.3) is 0 Å². The van der Waals surface area contributed by atoms with Gasteiger partial charge in [0.05, 0.1) is 22.4 Å². The van der Waals surface area contributed by atoms with Gasteiger partial charge in [-0.3, -0.25) is 0 Å². The molecule has 0 aromatic heterocycles. The van der Waals surface area contributed by atoms with Crippen LogP contribution in [0.15, 0.2) is 60.1 Å². The highest BCUT2D eigenvalue weighted by Crippen LogP contribution is 2.39. The molecule has 0 spiro atoms. The Bertz CT molecular complexity index is 1150. The molecule has 7 nitrogen and oxygen atoms in total. The molecule has 0 atom stereocenters. The molecular formula is C29H39B2NO6. The van der Waals surface area contributed by atoms with Crippen LogP contribution in [0.1, 0.15) is 66.5 Å². The highest BCUT2D eigenvalue weighted by Gasteiger charge is 2.53. The van der Waals surface area contributed by atoms with Crippen molar-refractivity contribution in [1.82, 2.24) is 5.32 Å². The van der Waals surface area contributed by atoms with Crippen LogP contribution >= 0.6 is 0 Å². The Kier molecular flexibility index (Phi) is 7.88. The van der Waals surface area contributed by atoms with E-state index in [1.165, 1.54) is 0 Å². The number of hydrogen-bond donors (Lipinski definition) is 1. The SMILES string of the molecule is CC1(C)OB(C(=Cc2cccc(B3OC(C)(C)C(C)(C)O3)c2)CNC(=O)OCc2ccccc2)OC1(C)C. The average molecular weight is 519 g/mol. The van der Waals surface area contributed by atoms with E-state index in [1.54, 1.807) is 0 Å². The summed E-state index contributed by atoms with van der Waals surface area (Å²) in [6.07, 6.45) is 1.47. The van der Waals surface area contributed by atoms with E-state index in [1.807, 2.05) is 116 Å². The van der Waals surface area contributed by atoms with Gasteiger partial charge in [0.2, 0.25) is 0 Å². The Labute approximate surface area is 227 Å². The predicted molar refractivity (Wildman–Crippen MR) is 151 cm³/mol. The summed E-state index contributed by atoms with van der Waals surface area (Å²) in [6.45, 7) is 16.6. The smallest absolute Gasteiger partial charge is 0.445 e. The van der Waals surface area contributed by atoms with Crippen LogP contribution in [-0.4, -0.2) is 49.3 Å². The predicted octanol–water partition coefficient (Wildman–Crippen LogP) is 4.93. The molecule has 9 heteroatoms. The van der Waals surface area contributed by atoms with Gasteiger partial charge in [0.1, 0.15) is 6.61 Å². The van der Waals surface area contributed by atoms with Crippen molar-refractivity contribution in [3.63, 3.8) is 0 Å². The molecule has 0 radical (unpaired) electrons. The van der Waals surface area contributed by atoms with E-state index >= 15 is 0 Å². The maximum Gasteiger partial charge on any atom is 0.494 e. The van der Waals surface area contributed by atoms with E-state index < -0.39 is 42.7 Å². The quantitative estimate of drug-likeness (QED) is 0.524. The summed E-state index contributed by atoms with van der Waals surface area (Å²) >= 11 is 0. The van der Waals surface area contributed by atoms with Crippen molar-refractivity contribution in [3.05, 3.63) is 71.2 Å². The third kappa shape index (κ3) is 6.18. The van der Waals surface area contributed by atoms with Crippen molar-refractivity contribution in [1.29, 1.82) is 0 Å². The topological polar surface area (TPSA) is 75.2 Å². The molecular weight excluding hydrogens is 480 g/mol. The number of hydrogen-bond acceptors (Lipinski definition) is 6. The molecule has 0 unspecified atom stereocenters. The summed E-state index contributed by atoms with van der Waals surface area (Å²) in [5.74, 6) is 0. The molecule has 38 heavy (non-hydrogen) atoms. The van der Waals surface area contributed by atoms with Gasteiger partial charge in [-0.05, 0) is 77.5 Å². The lowest BCUT2D eigenvalue weighted by Crippen LogP contribution is -2.41. The van der Waals surface area contributed by atoms with Gasteiger partial charge < -0.3 is 28.7 Å². The molecule has 2 saturated heterocycles. The van der Waals surface area contributed by atoms with Crippen LogP contribution in [0, 0.1) is 0 Å². The number of alkyl carbamates (subject to hydrolysis) is 1. The molecule has 2 heterocycles. The molecule has 1 amide bonds. The maximum absolute atomic E-state index is 12.5. The Morgan fingerprint density at radius 3 is 2.00 bits per heavy atom. The average Bonchev–Trinajstić information content (AvgIpc) is 3.20. The van der Waals surface area contributed by atoms with Crippen LogP contribution in [0.3, 0.4) is 0 Å². The van der Waals surface area contributed by atoms with Crippen LogP contribution < -0.4 is 10.8 Å². The Hall–Kier alpha value is -2.58. The second-order valence-electron chi connectivity index (χ2n) is 12.0. The van der Waals surface area contributed by atoms with Gasteiger partial charge in [-0.25, -0.2) is 4.79 Å². The Morgan fingerprint density at radius 2 is 1.39 bits per heavy atom. The summed E-state index contributed by atoms with van der Waals surface area (Å²) in [7, 11) is -1.10. The van der Waals surface area contributed by atoms with Crippen LogP contribution in [0.25, 0.3) is 6.08 Å². The first-order valence-corrected chi connectivity index (χ1v) is 13.2. The fraction of sp³-hybridized carbons (Fsp3) is 0.483. The Morgan fingerprint density at radius 1 is 0.816 bits per heavy atom. The molecule has 2 aliphatic heterocycles. The highest BCUT2D eigenvalue weighted by molar-refractivity contribution is 6.62. The monoisotopic (exact) mass is 519 g/mol. The Balaban J connectivity index is 1.53. The number of nitrogens with one attached hydrogen (secondary N) is 1. The lowest BCUT2D eigenvalue weighted by molar-refractivity contribution is 0.00578. The number of carbonyl (C=O) groups is 1. The minimum atomic E-state index is -0.630. The summed E-state index contributed by atoms with van der Waals surface area (Å²) in [5.41, 5.74) is 1.63. The fourth-order valence-electron chi connectivity index (χ4n) is 4.13. The molecule has 2 aromatic carbocycles. The van der Waals surface area contributed by atoms with Crippen molar-refractivity contribution < 1.29 is 28.1 Å². The lowest BCUT2D eigenvalue weighted by Gasteiger charge is -2.32. The summed E-state index contributed by atoms with van der Waals surface area (Å²) < 4.78 is 30.5. The first-order valence-electron chi connectivity index (χ1n) is 13.2. The third-order valence-corrected chi connectivity index (χ3v) is 7.99. The minimum absolute atomic E-state index is 0.193. The summed E-state index contributed by atoms with van der Waals surface area (Å²) in [4.78, 5) is 12.5. The van der Waals surface area contributed by atoms with Gasteiger partial charge in [-0.15, -0.1) is 0 Å². The van der Waals surface area contributed by atoms with E-state index in [0.29, 0.717) is 0 Å². The maximum atomic E-state index is 12.5. The van der Waals surface area contributed by atoms with Crippen molar-refractivity contribution in [2.24, 2.45) is 0 Å². The summed E-state index contributed by atoms with van der Waals surface area (Å²) in [6, 6.07) is 17.6. The summed E-state index contributed by atoms with van der Waals surface area (Å²) in [5, 5.41) is 2.86. The standard InChI is InChI=1S/C29H39B2NO6/c1-26(2)27(3,4)36-30(35-26)23-16-12-15-22(17-23)18-24(31-37-28(5,6)29(7,8)38-31)19-32-25(33)34-20-21-13-10-9-11-14-21/h9-18H,19-20H2,1-8H3,(H,32,33). The lowest BCUT2D eigenvalue weighted by atomic mass is 9.75. The second kappa shape index (κ2) is 10.5.